The van der Waals surface area contributed by atoms with E-state index in [-0.39, 0.29) is 73.5 Å². The normalized spacial score (nSPS) is 27.1. The van der Waals surface area contributed by atoms with Crippen LogP contribution in [0, 0.1) is 29.6 Å². The highest BCUT2D eigenvalue weighted by atomic mass is 16.6. The van der Waals surface area contributed by atoms with Crippen LogP contribution in [0.15, 0.2) is 66.0 Å². The number of phenols is 1. The molecule has 1 saturated heterocycles. The number of aliphatic hydroxyl groups is 1. The number of benzene rings is 1. The zero-order valence-electron chi connectivity index (χ0n) is 24.8. The number of carbonyl (C=O) groups excluding carboxylic acids is 4. The maximum Gasteiger partial charge on any atom is 0.314 e. The van der Waals surface area contributed by atoms with Crippen LogP contribution in [-0.2, 0) is 45.4 Å². The molecule has 0 radical (unpaired) electrons. The number of fused-ring (bicyclic) bond motifs is 6. The maximum absolute atomic E-state index is 13.2. The Morgan fingerprint density at radius 3 is 2.64 bits per heavy atom. The lowest BCUT2D eigenvalue weighted by Gasteiger charge is -2.47. The van der Waals surface area contributed by atoms with Crippen molar-refractivity contribution < 1.29 is 43.6 Å². The molecular formula is C34H39NO9. The third kappa shape index (κ3) is 6.27. The Morgan fingerprint density at radius 2 is 1.86 bits per heavy atom. The van der Waals surface area contributed by atoms with Crippen molar-refractivity contribution in [3.05, 3.63) is 77.1 Å². The average molecular weight is 606 g/mol. The molecule has 0 bridgehead atoms. The van der Waals surface area contributed by atoms with E-state index in [9.17, 15) is 29.4 Å². The molecule has 1 fully saturated rings. The number of aromatic hydroxyl groups is 1. The van der Waals surface area contributed by atoms with Crippen molar-refractivity contribution >= 4 is 23.4 Å². The van der Waals surface area contributed by atoms with Crippen molar-refractivity contribution in [1.82, 2.24) is 0 Å². The van der Waals surface area contributed by atoms with E-state index in [1.54, 1.807) is 49.4 Å². The first-order valence-corrected chi connectivity index (χ1v) is 15.2. The highest BCUT2D eigenvalue weighted by Gasteiger charge is 2.62. The maximum atomic E-state index is 13.2. The number of ether oxygens (including phenoxy) is 3. The number of amides is 1. The van der Waals surface area contributed by atoms with Crippen LogP contribution in [0.2, 0.25) is 0 Å². The van der Waals surface area contributed by atoms with Gasteiger partial charge in [0, 0.05) is 48.3 Å². The minimum absolute atomic E-state index is 0.0663. The molecule has 0 saturated carbocycles. The van der Waals surface area contributed by atoms with Gasteiger partial charge in [0.25, 0.3) is 0 Å². The Bertz CT molecular complexity index is 1440. The molecule has 6 atom stereocenters. The summed E-state index contributed by atoms with van der Waals surface area (Å²) < 4.78 is 17.2. The lowest BCUT2D eigenvalue weighted by Crippen LogP contribution is -2.48. The number of carbonyl (C=O) groups is 4. The highest BCUT2D eigenvalue weighted by molar-refractivity contribution is 5.99. The Labute approximate surface area is 256 Å². The van der Waals surface area contributed by atoms with Crippen LogP contribution in [-0.4, -0.2) is 60.1 Å². The number of ketones is 2. The number of allylic oxidation sites excluding steroid dienone is 4. The van der Waals surface area contributed by atoms with Crippen molar-refractivity contribution in [3.63, 3.8) is 0 Å². The molecule has 1 aliphatic heterocycles. The van der Waals surface area contributed by atoms with Gasteiger partial charge in [-0.3, -0.25) is 19.2 Å². The van der Waals surface area contributed by atoms with Crippen molar-refractivity contribution in [2.24, 2.45) is 35.3 Å². The molecule has 0 aromatic heterocycles. The Balaban J connectivity index is 1.18. The minimum Gasteiger partial charge on any atom is -0.508 e. The molecule has 3 aliphatic carbocycles. The smallest absolute Gasteiger partial charge is 0.314 e. The van der Waals surface area contributed by atoms with Gasteiger partial charge >= 0.3 is 5.97 Å². The predicted octanol–water partition coefficient (Wildman–Crippen LogP) is 3.53. The Morgan fingerprint density at radius 1 is 1.07 bits per heavy atom. The van der Waals surface area contributed by atoms with Gasteiger partial charge in [-0.15, -0.1) is 0 Å². The number of phenolic OH excluding ortho intramolecular Hbond substituents is 1. The first kappa shape index (κ1) is 31.4. The van der Waals surface area contributed by atoms with Crippen LogP contribution in [0.25, 0.3) is 0 Å². The van der Waals surface area contributed by atoms with Crippen LogP contribution < -0.4 is 5.73 Å². The molecule has 10 heteroatoms. The van der Waals surface area contributed by atoms with E-state index in [2.05, 4.69) is 0 Å². The number of primary amides is 1. The number of Topliss-reactive ketones (excluding diaryl/α,β-unsaturated/α-hetero) is 2. The summed E-state index contributed by atoms with van der Waals surface area (Å²) >= 11 is 0. The molecule has 1 aromatic rings. The summed E-state index contributed by atoms with van der Waals surface area (Å²) in [7, 11) is 0. The zero-order chi connectivity index (χ0) is 31.4. The van der Waals surface area contributed by atoms with Crippen molar-refractivity contribution in [1.29, 1.82) is 0 Å². The van der Waals surface area contributed by atoms with Gasteiger partial charge in [-0.25, -0.2) is 0 Å². The van der Waals surface area contributed by atoms with Crippen LogP contribution in [0.5, 0.6) is 5.75 Å². The highest BCUT2D eigenvalue weighted by Crippen LogP contribution is 2.59. The molecule has 44 heavy (non-hydrogen) atoms. The summed E-state index contributed by atoms with van der Waals surface area (Å²) in [5.74, 6) is -2.74. The van der Waals surface area contributed by atoms with Crippen molar-refractivity contribution in [3.8, 4) is 5.75 Å². The molecule has 6 unspecified atom stereocenters. The number of hydrogen-bond acceptors (Lipinski definition) is 9. The van der Waals surface area contributed by atoms with Gasteiger partial charge in [0.05, 0.1) is 19.1 Å². The topological polar surface area (TPSA) is 162 Å². The summed E-state index contributed by atoms with van der Waals surface area (Å²) in [6.45, 7) is 2.50. The second kappa shape index (κ2) is 13.3. The monoisotopic (exact) mass is 605 g/mol. The number of aliphatic hydroxyl groups excluding tert-OH is 1. The fourth-order valence-electron chi connectivity index (χ4n) is 6.91. The summed E-state index contributed by atoms with van der Waals surface area (Å²) in [5, 5.41) is 20.4. The number of nitrogens with two attached hydrogens (primary N) is 1. The van der Waals surface area contributed by atoms with Gasteiger partial charge in [0.15, 0.2) is 17.2 Å². The Kier molecular flexibility index (Phi) is 9.51. The standard InChI is InChI=1S/C34H39NO9/c1-2-20(32(35)40)15-26(38)19-43-13-12-42-11-3-4-31(39)21-5-8-27-30(18-21)34(44-33(27)41)28-9-6-24(36)16-22(28)14-23-17-25(37)7-10-29(23)34/h5-10,16-18,20,22,27-28,30,36-37H,2-4,11-15,19H2,1H3,(H2,35,40). The summed E-state index contributed by atoms with van der Waals surface area (Å²) in [6.07, 6.45) is 12.4. The second-order valence-corrected chi connectivity index (χ2v) is 11.9. The molecule has 1 amide bonds. The lowest BCUT2D eigenvalue weighted by molar-refractivity contribution is -0.157. The van der Waals surface area contributed by atoms with Gasteiger partial charge in [-0.05, 0) is 55.0 Å². The van der Waals surface area contributed by atoms with Crippen molar-refractivity contribution in [2.45, 2.75) is 44.6 Å². The molecule has 5 rings (SSSR count). The van der Waals surface area contributed by atoms with E-state index >= 15 is 0 Å². The van der Waals surface area contributed by atoms with E-state index in [0.717, 1.165) is 11.1 Å². The molecular weight excluding hydrogens is 566 g/mol. The largest absolute Gasteiger partial charge is 0.508 e. The number of rotatable bonds is 14. The molecule has 234 valence electrons. The van der Waals surface area contributed by atoms with Crippen LogP contribution in [0.1, 0.15) is 43.7 Å². The second-order valence-electron chi connectivity index (χ2n) is 11.9. The summed E-state index contributed by atoms with van der Waals surface area (Å²) in [5.41, 5.74) is 6.35. The van der Waals surface area contributed by atoms with Crippen LogP contribution in [0.3, 0.4) is 0 Å². The zero-order valence-corrected chi connectivity index (χ0v) is 24.8. The first-order valence-electron chi connectivity index (χ1n) is 15.2. The third-order valence-corrected chi connectivity index (χ3v) is 9.07. The van der Waals surface area contributed by atoms with Crippen molar-refractivity contribution in [2.75, 3.05) is 26.4 Å². The van der Waals surface area contributed by atoms with E-state index in [4.69, 9.17) is 19.9 Å². The first-order chi connectivity index (χ1) is 21.1. The molecule has 1 heterocycles. The quantitative estimate of drug-likeness (QED) is 0.213. The van der Waals surface area contributed by atoms with E-state index in [1.165, 1.54) is 0 Å². The molecule has 1 aromatic carbocycles. The molecule has 10 nitrogen and oxygen atoms in total. The van der Waals surface area contributed by atoms with Gasteiger partial charge < -0.3 is 30.2 Å². The fraction of sp³-hybridized carbons (Fsp3) is 0.471. The van der Waals surface area contributed by atoms with Gasteiger partial charge in [-0.1, -0.05) is 37.3 Å². The van der Waals surface area contributed by atoms with Gasteiger partial charge in [0.1, 0.15) is 18.1 Å². The molecule has 1 spiro atoms. The van der Waals surface area contributed by atoms with Gasteiger partial charge in [0.2, 0.25) is 5.91 Å². The Hall–Kier alpha value is -4.02. The van der Waals surface area contributed by atoms with Crippen LogP contribution >= 0.6 is 0 Å². The van der Waals surface area contributed by atoms with E-state index in [0.29, 0.717) is 31.4 Å². The van der Waals surface area contributed by atoms with E-state index in [1.807, 2.05) is 12.2 Å². The minimum atomic E-state index is -1.08. The predicted molar refractivity (Wildman–Crippen MR) is 159 cm³/mol. The molecule has 4 N–H and O–H groups in total. The fourth-order valence-corrected chi connectivity index (χ4v) is 6.91. The van der Waals surface area contributed by atoms with E-state index < -0.39 is 29.3 Å². The SMILES string of the molecule is CCC(CC(=O)COCCOCCCC(=O)C1=CC2C(C=C1)C(=O)OC21c2ccc(O)cc2CC2C=C(O)C=CC21)C(N)=O. The molecule has 4 aliphatic rings. The number of hydrogen-bond donors (Lipinski definition) is 3. The van der Waals surface area contributed by atoms with Crippen LogP contribution in [0.4, 0.5) is 0 Å². The summed E-state index contributed by atoms with van der Waals surface area (Å²) in [4.78, 5) is 49.7. The summed E-state index contributed by atoms with van der Waals surface area (Å²) in [6, 6.07) is 5.07. The van der Waals surface area contributed by atoms with Gasteiger partial charge in [-0.2, -0.15) is 0 Å². The average Bonchev–Trinajstić information content (AvgIpc) is 3.28. The third-order valence-electron chi connectivity index (χ3n) is 9.07. The lowest BCUT2D eigenvalue weighted by atomic mass is 9.58. The number of esters is 1.